The lowest BCUT2D eigenvalue weighted by molar-refractivity contribution is -0.115. The van der Waals surface area contributed by atoms with Crippen molar-refractivity contribution in [2.75, 3.05) is 10.6 Å². The first-order valence-electron chi connectivity index (χ1n) is 6.45. The van der Waals surface area contributed by atoms with Crippen LogP contribution in [0.25, 0.3) is 0 Å². The summed E-state index contributed by atoms with van der Waals surface area (Å²) in [6, 6.07) is 14.2. The molecule has 0 radical (unpaired) electrons. The zero-order chi connectivity index (χ0) is 15.2. The van der Waals surface area contributed by atoms with Gasteiger partial charge in [0.1, 0.15) is 0 Å². The summed E-state index contributed by atoms with van der Waals surface area (Å²) in [5, 5.41) is 6.02. The monoisotopic (exact) mass is 302 g/mol. The fraction of sp³-hybridized carbons (Fsp3) is 0.125. The first kappa shape index (κ1) is 15.1. The van der Waals surface area contributed by atoms with Gasteiger partial charge >= 0.3 is 0 Å². The molecule has 2 N–H and O–H groups in total. The van der Waals surface area contributed by atoms with Gasteiger partial charge in [0.25, 0.3) is 0 Å². The van der Waals surface area contributed by atoms with E-state index in [0.29, 0.717) is 16.4 Å². The number of hydrogen-bond acceptors (Lipinski definition) is 2. The highest BCUT2D eigenvalue weighted by molar-refractivity contribution is 6.31. The molecule has 0 unspecified atom stereocenters. The molecule has 0 aromatic heterocycles. The molecule has 2 rings (SSSR count). The summed E-state index contributed by atoms with van der Waals surface area (Å²) >= 11 is 6.03. The second-order valence-corrected chi connectivity index (χ2v) is 4.99. The molecule has 0 saturated carbocycles. The quantitative estimate of drug-likeness (QED) is 0.908. The molecule has 2 amide bonds. The van der Waals surface area contributed by atoms with Crippen LogP contribution in [0.5, 0.6) is 0 Å². The molecular formula is C16H15ClN2O2. The summed E-state index contributed by atoms with van der Waals surface area (Å²) in [7, 11) is 0. The van der Waals surface area contributed by atoms with E-state index >= 15 is 0 Å². The van der Waals surface area contributed by atoms with Gasteiger partial charge in [0.05, 0.1) is 6.42 Å². The van der Waals surface area contributed by atoms with Crippen LogP contribution >= 0.6 is 11.6 Å². The number of anilines is 2. The van der Waals surface area contributed by atoms with Crippen LogP contribution in [-0.4, -0.2) is 11.8 Å². The number of carbonyl (C=O) groups excluding carboxylic acids is 2. The van der Waals surface area contributed by atoms with Gasteiger partial charge < -0.3 is 10.6 Å². The lowest BCUT2D eigenvalue weighted by Gasteiger charge is -2.08. The number of nitrogens with one attached hydrogen (secondary N) is 2. The van der Waals surface area contributed by atoms with Crippen molar-refractivity contribution in [2.24, 2.45) is 0 Å². The molecule has 0 bridgehead atoms. The summed E-state index contributed by atoms with van der Waals surface area (Å²) in [5.41, 5.74) is 2.03. The zero-order valence-corrected chi connectivity index (χ0v) is 12.3. The van der Waals surface area contributed by atoms with E-state index < -0.39 is 0 Å². The predicted molar refractivity (Wildman–Crippen MR) is 84.5 cm³/mol. The topological polar surface area (TPSA) is 58.2 Å². The number of rotatable bonds is 4. The molecule has 2 aromatic rings. The molecule has 0 fully saturated rings. The van der Waals surface area contributed by atoms with Gasteiger partial charge in [0.15, 0.2) is 0 Å². The van der Waals surface area contributed by atoms with Crippen LogP contribution in [0.2, 0.25) is 5.02 Å². The summed E-state index contributed by atoms with van der Waals surface area (Å²) in [4.78, 5) is 23.0. The number of hydrogen-bond donors (Lipinski definition) is 2. The van der Waals surface area contributed by atoms with E-state index in [-0.39, 0.29) is 18.2 Å². The lowest BCUT2D eigenvalue weighted by Crippen LogP contribution is -2.15. The molecule has 0 heterocycles. The molecule has 0 aliphatic heterocycles. The fourth-order valence-corrected chi connectivity index (χ4v) is 2.10. The van der Waals surface area contributed by atoms with Gasteiger partial charge in [0, 0.05) is 23.3 Å². The van der Waals surface area contributed by atoms with E-state index in [4.69, 9.17) is 11.6 Å². The molecule has 0 aliphatic rings. The molecule has 5 heteroatoms. The number of carbonyl (C=O) groups is 2. The Morgan fingerprint density at radius 2 is 1.67 bits per heavy atom. The van der Waals surface area contributed by atoms with Gasteiger partial charge in [-0.15, -0.1) is 0 Å². The third-order valence-corrected chi connectivity index (χ3v) is 3.14. The maximum atomic E-state index is 12.0. The molecule has 0 atom stereocenters. The molecule has 0 aliphatic carbocycles. The third-order valence-electron chi connectivity index (χ3n) is 2.78. The number of halogens is 1. The van der Waals surface area contributed by atoms with E-state index in [0.717, 1.165) is 5.56 Å². The zero-order valence-electron chi connectivity index (χ0n) is 11.5. The fourth-order valence-electron chi connectivity index (χ4n) is 1.90. The third kappa shape index (κ3) is 4.61. The highest BCUT2D eigenvalue weighted by Gasteiger charge is 2.07. The van der Waals surface area contributed by atoms with Crippen molar-refractivity contribution >= 4 is 34.8 Å². The van der Waals surface area contributed by atoms with Gasteiger partial charge in [-0.3, -0.25) is 9.59 Å². The largest absolute Gasteiger partial charge is 0.326 e. The van der Waals surface area contributed by atoms with Crippen molar-refractivity contribution in [3.63, 3.8) is 0 Å². The minimum atomic E-state index is -0.164. The van der Waals surface area contributed by atoms with E-state index in [1.165, 1.54) is 6.92 Å². The molecular weight excluding hydrogens is 288 g/mol. The van der Waals surface area contributed by atoms with Crippen molar-refractivity contribution in [2.45, 2.75) is 13.3 Å². The van der Waals surface area contributed by atoms with Gasteiger partial charge in [-0.1, -0.05) is 35.9 Å². The minimum Gasteiger partial charge on any atom is -0.326 e. The highest BCUT2D eigenvalue weighted by Crippen LogP contribution is 2.18. The van der Waals surface area contributed by atoms with E-state index in [1.54, 1.807) is 30.3 Å². The Labute approximate surface area is 128 Å². The lowest BCUT2D eigenvalue weighted by atomic mass is 10.1. The maximum absolute atomic E-state index is 12.0. The Kier molecular flexibility index (Phi) is 4.95. The van der Waals surface area contributed by atoms with Crippen LogP contribution < -0.4 is 10.6 Å². The molecule has 21 heavy (non-hydrogen) atoms. The van der Waals surface area contributed by atoms with Crippen LogP contribution in [0, 0.1) is 0 Å². The average Bonchev–Trinajstić information content (AvgIpc) is 2.41. The number of amides is 2. The van der Waals surface area contributed by atoms with Crippen molar-refractivity contribution < 1.29 is 9.59 Å². The summed E-state index contributed by atoms with van der Waals surface area (Å²) < 4.78 is 0. The second-order valence-electron chi connectivity index (χ2n) is 4.58. The average molecular weight is 303 g/mol. The Bertz CT molecular complexity index is 671. The normalized spacial score (nSPS) is 10.0. The standard InChI is InChI=1S/C16H15ClN2O2/c1-11(20)18-13-6-4-7-14(10-13)19-16(21)9-12-5-2-3-8-15(12)17/h2-8,10H,9H2,1H3,(H,18,20)(H,19,21). The molecule has 0 saturated heterocycles. The highest BCUT2D eigenvalue weighted by atomic mass is 35.5. The molecule has 108 valence electrons. The molecule has 2 aromatic carbocycles. The Balaban J connectivity index is 2.03. The van der Waals surface area contributed by atoms with Crippen LogP contribution in [0.4, 0.5) is 11.4 Å². The van der Waals surface area contributed by atoms with Gasteiger partial charge in [-0.2, -0.15) is 0 Å². The summed E-state index contributed by atoms with van der Waals surface area (Å²) in [6.07, 6.45) is 0.198. The summed E-state index contributed by atoms with van der Waals surface area (Å²) in [5.74, 6) is -0.322. The van der Waals surface area contributed by atoms with Gasteiger partial charge in [0.2, 0.25) is 11.8 Å². The van der Waals surface area contributed by atoms with E-state index in [1.807, 2.05) is 18.2 Å². The Morgan fingerprint density at radius 3 is 2.33 bits per heavy atom. The van der Waals surface area contributed by atoms with Crippen LogP contribution in [0.1, 0.15) is 12.5 Å². The van der Waals surface area contributed by atoms with E-state index in [9.17, 15) is 9.59 Å². The molecule has 0 spiro atoms. The molecule has 4 nitrogen and oxygen atoms in total. The second kappa shape index (κ2) is 6.90. The smallest absolute Gasteiger partial charge is 0.228 e. The number of benzene rings is 2. The van der Waals surface area contributed by atoms with Gasteiger partial charge in [-0.25, -0.2) is 0 Å². The van der Waals surface area contributed by atoms with Gasteiger partial charge in [-0.05, 0) is 29.8 Å². The first-order chi connectivity index (χ1) is 10.0. The SMILES string of the molecule is CC(=O)Nc1cccc(NC(=O)Cc2ccccc2Cl)c1. The van der Waals surface area contributed by atoms with Crippen LogP contribution in [0.3, 0.4) is 0 Å². The van der Waals surface area contributed by atoms with Crippen molar-refractivity contribution in [1.29, 1.82) is 0 Å². The van der Waals surface area contributed by atoms with Crippen molar-refractivity contribution in [3.05, 3.63) is 59.1 Å². The minimum absolute atomic E-state index is 0.158. The summed E-state index contributed by atoms with van der Waals surface area (Å²) in [6.45, 7) is 1.43. The maximum Gasteiger partial charge on any atom is 0.228 e. The van der Waals surface area contributed by atoms with Crippen LogP contribution in [0.15, 0.2) is 48.5 Å². The van der Waals surface area contributed by atoms with E-state index in [2.05, 4.69) is 10.6 Å². The first-order valence-corrected chi connectivity index (χ1v) is 6.83. The Morgan fingerprint density at radius 1 is 1.00 bits per heavy atom. The predicted octanol–water partition coefficient (Wildman–Crippen LogP) is 3.48. The Hall–Kier alpha value is -2.33. The van der Waals surface area contributed by atoms with Crippen LogP contribution in [-0.2, 0) is 16.0 Å². The van der Waals surface area contributed by atoms with Crippen molar-refractivity contribution in [1.82, 2.24) is 0 Å². The van der Waals surface area contributed by atoms with Crippen molar-refractivity contribution in [3.8, 4) is 0 Å².